The standard InChI is InChI=1S/C17H26O3/c1-18-17(19-2)12-15-10-6-7-11-16(15)20-13-14-8-4-3-5-9-14/h3-5,8-9,15-17H,6-7,10-13H2,1-2H3/t15-,16+/m1/s1. The molecular weight excluding hydrogens is 252 g/mol. The van der Waals surface area contributed by atoms with Gasteiger partial charge in [-0.3, -0.25) is 0 Å². The van der Waals surface area contributed by atoms with Crippen LogP contribution in [0.15, 0.2) is 30.3 Å². The fourth-order valence-electron chi connectivity index (χ4n) is 2.98. The van der Waals surface area contributed by atoms with Crippen molar-refractivity contribution in [1.29, 1.82) is 0 Å². The molecule has 1 aliphatic rings. The van der Waals surface area contributed by atoms with Gasteiger partial charge in [-0.2, -0.15) is 0 Å². The van der Waals surface area contributed by atoms with Crippen LogP contribution in [0.5, 0.6) is 0 Å². The van der Waals surface area contributed by atoms with Gasteiger partial charge in [-0.1, -0.05) is 43.2 Å². The zero-order chi connectivity index (χ0) is 14.2. The van der Waals surface area contributed by atoms with Crippen LogP contribution in [0, 0.1) is 5.92 Å². The zero-order valence-electron chi connectivity index (χ0n) is 12.6. The third-order valence-corrected chi connectivity index (χ3v) is 4.17. The smallest absolute Gasteiger partial charge is 0.157 e. The highest BCUT2D eigenvalue weighted by Crippen LogP contribution is 2.31. The van der Waals surface area contributed by atoms with E-state index in [4.69, 9.17) is 14.2 Å². The molecule has 0 aliphatic heterocycles. The predicted molar refractivity (Wildman–Crippen MR) is 79.4 cm³/mol. The lowest BCUT2D eigenvalue weighted by atomic mass is 9.84. The second-order valence-corrected chi connectivity index (χ2v) is 5.52. The van der Waals surface area contributed by atoms with Crippen LogP contribution in [0.2, 0.25) is 0 Å². The van der Waals surface area contributed by atoms with Crippen molar-refractivity contribution in [3.8, 4) is 0 Å². The average Bonchev–Trinajstić information content (AvgIpc) is 2.52. The van der Waals surface area contributed by atoms with Gasteiger partial charge in [0.2, 0.25) is 0 Å². The first-order chi connectivity index (χ1) is 9.83. The van der Waals surface area contributed by atoms with Gasteiger partial charge in [0.25, 0.3) is 0 Å². The molecule has 0 bridgehead atoms. The van der Waals surface area contributed by atoms with Gasteiger partial charge in [-0.15, -0.1) is 0 Å². The molecule has 0 N–H and O–H groups in total. The van der Waals surface area contributed by atoms with Gasteiger partial charge in [0.1, 0.15) is 0 Å². The Bertz CT molecular complexity index is 362. The van der Waals surface area contributed by atoms with Gasteiger partial charge in [0, 0.05) is 20.6 Å². The monoisotopic (exact) mass is 278 g/mol. The quantitative estimate of drug-likeness (QED) is 0.711. The van der Waals surface area contributed by atoms with Crippen LogP contribution in [0.3, 0.4) is 0 Å². The number of hydrogen-bond donors (Lipinski definition) is 0. The molecule has 0 aromatic heterocycles. The number of rotatable bonds is 7. The molecule has 112 valence electrons. The fraction of sp³-hybridized carbons (Fsp3) is 0.647. The summed E-state index contributed by atoms with van der Waals surface area (Å²) in [6.07, 6.45) is 6.06. The largest absolute Gasteiger partial charge is 0.373 e. The second kappa shape index (κ2) is 8.40. The lowest BCUT2D eigenvalue weighted by molar-refractivity contribution is -0.131. The molecule has 0 radical (unpaired) electrons. The highest BCUT2D eigenvalue weighted by Gasteiger charge is 2.28. The molecule has 1 aliphatic carbocycles. The van der Waals surface area contributed by atoms with Crippen molar-refractivity contribution in [2.24, 2.45) is 5.92 Å². The molecule has 3 nitrogen and oxygen atoms in total. The minimum Gasteiger partial charge on any atom is -0.373 e. The van der Waals surface area contributed by atoms with E-state index in [1.165, 1.54) is 24.8 Å². The molecule has 1 aromatic carbocycles. The topological polar surface area (TPSA) is 27.7 Å². The summed E-state index contributed by atoms with van der Waals surface area (Å²) in [4.78, 5) is 0. The minimum atomic E-state index is -0.110. The third kappa shape index (κ3) is 4.58. The maximum Gasteiger partial charge on any atom is 0.157 e. The summed E-state index contributed by atoms with van der Waals surface area (Å²) in [6, 6.07) is 10.4. The van der Waals surface area contributed by atoms with Crippen molar-refractivity contribution in [3.63, 3.8) is 0 Å². The molecule has 1 fully saturated rings. The third-order valence-electron chi connectivity index (χ3n) is 4.17. The Morgan fingerprint density at radius 1 is 1.05 bits per heavy atom. The van der Waals surface area contributed by atoms with Crippen LogP contribution < -0.4 is 0 Å². The molecule has 0 amide bonds. The zero-order valence-corrected chi connectivity index (χ0v) is 12.6. The van der Waals surface area contributed by atoms with Gasteiger partial charge in [-0.25, -0.2) is 0 Å². The Balaban J connectivity index is 1.86. The number of methoxy groups -OCH3 is 2. The van der Waals surface area contributed by atoms with E-state index < -0.39 is 0 Å². The van der Waals surface area contributed by atoms with Crippen molar-refractivity contribution in [3.05, 3.63) is 35.9 Å². The summed E-state index contributed by atoms with van der Waals surface area (Å²) >= 11 is 0. The molecule has 0 heterocycles. The summed E-state index contributed by atoms with van der Waals surface area (Å²) in [5, 5.41) is 0. The molecular formula is C17H26O3. The molecule has 1 aromatic rings. The van der Waals surface area contributed by atoms with Crippen LogP contribution in [0.25, 0.3) is 0 Å². The summed E-state index contributed by atoms with van der Waals surface area (Å²) in [7, 11) is 3.41. The maximum atomic E-state index is 6.16. The van der Waals surface area contributed by atoms with E-state index in [1.54, 1.807) is 14.2 Å². The lowest BCUT2D eigenvalue weighted by Crippen LogP contribution is -2.31. The van der Waals surface area contributed by atoms with Gasteiger partial charge in [0.05, 0.1) is 12.7 Å². The van der Waals surface area contributed by atoms with Crippen LogP contribution in [-0.4, -0.2) is 26.6 Å². The van der Waals surface area contributed by atoms with Crippen LogP contribution in [0.4, 0.5) is 0 Å². The summed E-state index contributed by atoms with van der Waals surface area (Å²) < 4.78 is 16.8. The molecule has 2 atom stereocenters. The summed E-state index contributed by atoms with van der Waals surface area (Å²) in [5.41, 5.74) is 1.24. The lowest BCUT2D eigenvalue weighted by Gasteiger charge is -2.33. The Morgan fingerprint density at radius 3 is 2.45 bits per heavy atom. The molecule has 2 rings (SSSR count). The molecule has 3 heteroatoms. The van der Waals surface area contributed by atoms with Gasteiger partial charge >= 0.3 is 0 Å². The van der Waals surface area contributed by atoms with Crippen LogP contribution in [-0.2, 0) is 20.8 Å². The van der Waals surface area contributed by atoms with E-state index in [2.05, 4.69) is 24.3 Å². The number of hydrogen-bond acceptors (Lipinski definition) is 3. The molecule has 0 unspecified atom stereocenters. The Labute approximate surface area is 122 Å². The molecule has 20 heavy (non-hydrogen) atoms. The van der Waals surface area contributed by atoms with Crippen molar-refractivity contribution in [2.45, 2.75) is 51.1 Å². The first-order valence-electron chi connectivity index (χ1n) is 7.54. The van der Waals surface area contributed by atoms with E-state index in [-0.39, 0.29) is 6.29 Å². The number of ether oxygens (including phenoxy) is 3. The maximum absolute atomic E-state index is 6.16. The Kier molecular flexibility index (Phi) is 6.51. The summed E-state index contributed by atoms with van der Waals surface area (Å²) in [5.74, 6) is 0.539. The van der Waals surface area contributed by atoms with Crippen molar-refractivity contribution in [2.75, 3.05) is 14.2 Å². The predicted octanol–water partition coefficient (Wildman–Crippen LogP) is 3.77. The SMILES string of the molecule is COC(C[C@H]1CCCC[C@@H]1OCc1ccccc1)OC. The second-order valence-electron chi connectivity index (χ2n) is 5.52. The van der Waals surface area contributed by atoms with Crippen LogP contribution >= 0.6 is 0 Å². The highest BCUT2D eigenvalue weighted by atomic mass is 16.7. The van der Waals surface area contributed by atoms with E-state index in [0.717, 1.165) is 12.8 Å². The van der Waals surface area contributed by atoms with Crippen LogP contribution in [0.1, 0.15) is 37.7 Å². The van der Waals surface area contributed by atoms with Crippen molar-refractivity contribution >= 4 is 0 Å². The van der Waals surface area contributed by atoms with Crippen molar-refractivity contribution < 1.29 is 14.2 Å². The first kappa shape index (κ1) is 15.5. The van der Waals surface area contributed by atoms with Gasteiger partial charge in [-0.05, 0) is 24.3 Å². The minimum absolute atomic E-state index is 0.110. The highest BCUT2D eigenvalue weighted by molar-refractivity contribution is 5.13. The van der Waals surface area contributed by atoms with Gasteiger partial charge < -0.3 is 14.2 Å². The fourth-order valence-corrected chi connectivity index (χ4v) is 2.98. The molecule has 0 spiro atoms. The van der Waals surface area contributed by atoms with E-state index >= 15 is 0 Å². The van der Waals surface area contributed by atoms with E-state index in [1.807, 2.05) is 6.07 Å². The van der Waals surface area contributed by atoms with E-state index in [9.17, 15) is 0 Å². The van der Waals surface area contributed by atoms with Crippen molar-refractivity contribution in [1.82, 2.24) is 0 Å². The Hall–Kier alpha value is -0.900. The summed E-state index contributed by atoms with van der Waals surface area (Å²) in [6.45, 7) is 0.701. The molecule has 1 saturated carbocycles. The molecule has 0 saturated heterocycles. The normalized spacial score (nSPS) is 23.1. The number of benzene rings is 1. The first-order valence-corrected chi connectivity index (χ1v) is 7.54. The van der Waals surface area contributed by atoms with Gasteiger partial charge in [0.15, 0.2) is 6.29 Å². The Morgan fingerprint density at radius 2 is 1.75 bits per heavy atom. The average molecular weight is 278 g/mol. The van der Waals surface area contributed by atoms with E-state index in [0.29, 0.717) is 18.6 Å².